The van der Waals surface area contributed by atoms with Gasteiger partial charge in [0.25, 0.3) is 5.91 Å². The fraction of sp³-hybridized carbons (Fsp3) is 0.462. The van der Waals surface area contributed by atoms with Crippen LogP contribution in [0.15, 0.2) is 42.5 Å². The van der Waals surface area contributed by atoms with Crippen LogP contribution in [0.2, 0.25) is 0 Å². The maximum Gasteiger partial charge on any atom is 0.260 e. The van der Waals surface area contributed by atoms with E-state index in [0.29, 0.717) is 11.8 Å². The minimum absolute atomic E-state index is 0.0687. The molecule has 31 heavy (non-hydrogen) atoms. The summed E-state index contributed by atoms with van der Waals surface area (Å²) in [5.74, 6) is 1.05. The average Bonchev–Trinajstić information content (AvgIpc) is 3.67. The number of amides is 2. The van der Waals surface area contributed by atoms with Crippen molar-refractivity contribution in [1.29, 1.82) is 0 Å². The van der Waals surface area contributed by atoms with Crippen molar-refractivity contribution in [2.45, 2.75) is 64.1 Å². The van der Waals surface area contributed by atoms with Crippen LogP contribution in [0.3, 0.4) is 0 Å². The van der Waals surface area contributed by atoms with Gasteiger partial charge in [-0.05, 0) is 74.8 Å². The molecule has 2 aromatic rings. The molecule has 0 unspecified atom stereocenters. The molecule has 5 heteroatoms. The SMILES string of the molecule is Cc1ccc([C@@H]2c3cc(O[C@H](C)C(=O)NC4CC4)ccc3CCN2C(=O)C2CC2)cc1. The Bertz CT molecular complexity index is 992. The van der Waals surface area contributed by atoms with Gasteiger partial charge in [-0.15, -0.1) is 0 Å². The lowest BCUT2D eigenvalue weighted by atomic mass is 9.87. The van der Waals surface area contributed by atoms with Gasteiger partial charge in [0, 0.05) is 18.5 Å². The maximum atomic E-state index is 13.1. The molecule has 5 rings (SSSR count). The first-order valence-corrected chi connectivity index (χ1v) is 11.5. The normalized spacial score (nSPS) is 21.2. The van der Waals surface area contributed by atoms with Crippen molar-refractivity contribution in [1.82, 2.24) is 10.2 Å². The molecule has 1 N–H and O–H groups in total. The Morgan fingerprint density at radius 1 is 1.06 bits per heavy atom. The summed E-state index contributed by atoms with van der Waals surface area (Å²) in [6.45, 7) is 4.60. The van der Waals surface area contributed by atoms with Gasteiger partial charge < -0.3 is 15.0 Å². The molecule has 2 amide bonds. The van der Waals surface area contributed by atoms with Crippen molar-refractivity contribution in [2.75, 3.05) is 6.54 Å². The molecule has 3 aliphatic rings. The first-order chi connectivity index (χ1) is 15.0. The summed E-state index contributed by atoms with van der Waals surface area (Å²) in [5, 5.41) is 3.00. The summed E-state index contributed by atoms with van der Waals surface area (Å²) in [6, 6.07) is 14.7. The van der Waals surface area contributed by atoms with Crippen molar-refractivity contribution in [2.24, 2.45) is 5.92 Å². The number of nitrogens with zero attached hydrogens (tertiary/aromatic N) is 1. The van der Waals surface area contributed by atoms with E-state index in [1.54, 1.807) is 6.92 Å². The van der Waals surface area contributed by atoms with Crippen molar-refractivity contribution < 1.29 is 14.3 Å². The van der Waals surface area contributed by atoms with Crippen LogP contribution in [-0.4, -0.2) is 35.4 Å². The molecule has 0 spiro atoms. The largest absolute Gasteiger partial charge is 0.481 e. The van der Waals surface area contributed by atoms with Gasteiger partial charge in [0.05, 0.1) is 6.04 Å². The van der Waals surface area contributed by atoms with Crippen molar-refractivity contribution in [3.8, 4) is 5.75 Å². The third-order valence-electron chi connectivity index (χ3n) is 6.55. The molecule has 1 aliphatic heterocycles. The molecule has 1 heterocycles. The van der Waals surface area contributed by atoms with Crippen LogP contribution in [-0.2, 0) is 16.0 Å². The Hall–Kier alpha value is -2.82. The van der Waals surface area contributed by atoms with Crippen LogP contribution in [0.4, 0.5) is 0 Å². The van der Waals surface area contributed by atoms with Crippen LogP contribution < -0.4 is 10.1 Å². The Labute approximate surface area is 183 Å². The van der Waals surface area contributed by atoms with E-state index in [1.807, 2.05) is 12.1 Å². The molecule has 0 radical (unpaired) electrons. The number of benzene rings is 2. The fourth-order valence-corrected chi connectivity index (χ4v) is 4.38. The Balaban J connectivity index is 1.45. The zero-order valence-corrected chi connectivity index (χ0v) is 18.3. The Morgan fingerprint density at radius 3 is 2.48 bits per heavy atom. The lowest BCUT2D eigenvalue weighted by Crippen LogP contribution is -2.41. The van der Waals surface area contributed by atoms with Crippen molar-refractivity contribution in [3.63, 3.8) is 0 Å². The van der Waals surface area contributed by atoms with Crippen molar-refractivity contribution in [3.05, 3.63) is 64.7 Å². The van der Waals surface area contributed by atoms with E-state index < -0.39 is 6.10 Å². The third-order valence-corrected chi connectivity index (χ3v) is 6.55. The van der Waals surface area contributed by atoms with Gasteiger partial charge in [0.15, 0.2) is 6.10 Å². The Morgan fingerprint density at radius 2 is 1.81 bits per heavy atom. The van der Waals surface area contributed by atoms with Gasteiger partial charge in [0.2, 0.25) is 5.91 Å². The Kier molecular flexibility index (Phi) is 5.20. The second-order valence-electron chi connectivity index (χ2n) is 9.27. The number of aryl methyl sites for hydroxylation is 1. The number of fused-ring (bicyclic) bond motifs is 1. The van der Waals surface area contributed by atoms with Crippen LogP contribution in [0, 0.1) is 12.8 Å². The summed E-state index contributed by atoms with van der Waals surface area (Å²) >= 11 is 0. The molecular weight excluding hydrogens is 388 g/mol. The lowest BCUT2D eigenvalue weighted by Gasteiger charge is -2.38. The summed E-state index contributed by atoms with van der Waals surface area (Å²) in [4.78, 5) is 27.5. The average molecular weight is 419 g/mol. The minimum Gasteiger partial charge on any atom is -0.481 e. The van der Waals surface area contributed by atoms with E-state index in [1.165, 1.54) is 11.1 Å². The number of hydrogen-bond acceptors (Lipinski definition) is 3. The molecular formula is C26H30N2O3. The molecule has 2 saturated carbocycles. The number of nitrogens with one attached hydrogen (secondary N) is 1. The fourth-order valence-electron chi connectivity index (χ4n) is 4.38. The molecule has 0 aromatic heterocycles. The maximum absolute atomic E-state index is 13.1. The molecule has 162 valence electrons. The first-order valence-electron chi connectivity index (χ1n) is 11.5. The monoisotopic (exact) mass is 418 g/mol. The van der Waals surface area contributed by atoms with Gasteiger partial charge in [-0.25, -0.2) is 0 Å². The predicted molar refractivity (Wildman–Crippen MR) is 119 cm³/mol. The van der Waals surface area contributed by atoms with Crippen LogP contribution in [0.25, 0.3) is 0 Å². The van der Waals surface area contributed by atoms with E-state index in [0.717, 1.165) is 49.8 Å². The third kappa shape index (κ3) is 4.32. The molecule has 0 bridgehead atoms. The quantitative estimate of drug-likeness (QED) is 0.773. The minimum atomic E-state index is -0.552. The highest BCUT2D eigenvalue weighted by Crippen LogP contribution is 2.41. The first kappa shape index (κ1) is 20.1. The van der Waals surface area contributed by atoms with Crippen LogP contribution >= 0.6 is 0 Å². The number of ether oxygens (including phenoxy) is 1. The van der Waals surface area contributed by atoms with Gasteiger partial charge in [-0.2, -0.15) is 0 Å². The number of rotatable bonds is 6. The van der Waals surface area contributed by atoms with Gasteiger partial charge in [-0.1, -0.05) is 35.9 Å². The highest BCUT2D eigenvalue weighted by molar-refractivity contribution is 5.82. The van der Waals surface area contributed by atoms with Gasteiger partial charge in [0.1, 0.15) is 5.75 Å². The number of carbonyl (C=O) groups excluding carboxylic acids is 2. The molecule has 5 nitrogen and oxygen atoms in total. The number of hydrogen-bond donors (Lipinski definition) is 1. The standard InChI is InChI=1S/C26H30N2O3/c1-16-3-5-19(6-4-16)24-23-15-22(31-17(2)25(29)27-21-10-11-21)12-9-18(23)13-14-28(24)26(30)20-7-8-20/h3-6,9,12,15,17,20-21,24H,7-8,10-11,13-14H2,1-2H3,(H,27,29)/t17-,24-/m1/s1. The molecule has 2 fully saturated rings. The summed E-state index contributed by atoms with van der Waals surface area (Å²) < 4.78 is 6.01. The van der Waals surface area contributed by atoms with E-state index in [2.05, 4.69) is 47.5 Å². The zero-order valence-electron chi connectivity index (χ0n) is 18.3. The zero-order chi connectivity index (χ0) is 21.5. The second kappa shape index (κ2) is 8.03. The second-order valence-corrected chi connectivity index (χ2v) is 9.27. The van der Waals surface area contributed by atoms with Crippen LogP contribution in [0.1, 0.15) is 60.9 Å². The lowest BCUT2D eigenvalue weighted by molar-refractivity contribution is -0.134. The van der Waals surface area contributed by atoms with E-state index in [9.17, 15) is 9.59 Å². The summed E-state index contributed by atoms with van der Waals surface area (Å²) in [5.41, 5.74) is 4.67. The topological polar surface area (TPSA) is 58.6 Å². The number of carbonyl (C=O) groups is 2. The highest BCUT2D eigenvalue weighted by atomic mass is 16.5. The van der Waals surface area contributed by atoms with Crippen LogP contribution in [0.5, 0.6) is 5.75 Å². The predicted octanol–water partition coefficient (Wildman–Crippen LogP) is 3.93. The molecule has 0 saturated heterocycles. The molecule has 2 atom stereocenters. The molecule has 2 aliphatic carbocycles. The highest BCUT2D eigenvalue weighted by Gasteiger charge is 2.39. The summed E-state index contributed by atoms with van der Waals surface area (Å²) in [6.07, 6.45) is 4.40. The van der Waals surface area contributed by atoms with Crippen molar-refractivity contribution >= 4 is 11.8 Å². The van der Waals surface area contributed by atoms with E-state index in [-0.39, 0.29) is 23.8 Å². The van der Waals surface area contributed by atoms with E-state index >= 15 is 0 Å². The molecule has 2 aromatic carbocycles. The van der Waals surface area contributed by atoms with E-state index in [4.69, 9.17) is 4.74 Å². The van der Waals surface area contributed by atoms with Gasteiger partial charge in [-0.3, -0.25) is 9.59 Å². The summed E-state index contributed by atoms with van der Waals surface area (Å²) in [7, 11) is 0. The van der Waals surface area contributed by atoms with Gasteiger partial charge >= 0.3 is 0 Å². The smallest absolute Gasteiger partial charge is 0.260 e.